The van der Waals surface area contributed by atoms with Gasteiger partial charge in [0.05, 0.1) is 13.2 Å². The first-order valence-corrected chi connectivity index (χ1v) is 11.2. The lowest BCUT2D eigenvalue weighted by Gasteiger charge is -2.22. The molecule has 9 heteroatoms. The van der Waals surface area contributed by atoms with Crippen LogP contribution < -0.4 is 5.32 Å². The quantitative estimate of drug-likeness (QED) is 0.199. The lowest BCUT2D eigenvalue weighted by Crippen LogP contribution is -2.41. The highest BCUT2D eigenvalue weighted by Crippen LogP contribution is 2.18. The Bertz CT molecular complexity index is 814. The van der Waals surface area contributed by atoms with Crippen LogP contribution in [0.3, 0.4) is 0 Å². The van der Waals surface area contributed by atoms with E-state index in [1.165, 1.54) is 5.56 Å². The Balaban J connectivity index is 0.00000363. The topological polar surface area (TPSA) is 76.8 Å². The van der Waals surface area contributed by atoms with Crippen molar-refractivity contribution in [3.63, 3.8) is 0 Å². The van der Waals surface area contributed by atoms with Gasteiger partial charge in [0.25, 0.3) is 0 Å². The van der Waals surface area contributed by atoms with Gasteiger partial charge in [0.15, 0.2) is 11.8 Å². The minimum absolute atomic E-state index is 0. The first-order chi connectivity index (χ1) is 15.2. The summed E-state index contributed by atoms with van der Waals surface area (Å²) >= 11 is 0. The van der Waals surface area contributed by atoms with Gasteiger partial charge in [-0.25, -0.2) is 4.99 Å². The summed E-state index contributed by atoms with van der Waals surface area (Å²) in [6.45, 7) is 10.2. The minimum Gasteiger partial charge on any atom is -0.382 e. The zero-order chi connectivity index (χ0) is 21.9. The second-order valence-electron chi connectivity index (χ2n) is 7.94. The first kappa shape index (κ1) is 26.5. The van der Waals surface area contributed by atoms with E-state index in [1.54, 1.807) is 0 Å². The molecule has 32 heavy (non-hydrogen) atoms. The van der Waals surface area contributed by atoms with Crippen LogP contribution >= 0.6 is 24.0 Å². The number of likely N-dealkylation sites (tertiary alicyclic amines) is 1. The third kappa shape index (κ3) is 8.32. The minimum atomic E-state index is 0. The van der Waals surface area contributed by atoms with Crippen molar-refractivity contribution >= 4 is 29.9 Å². The Labute approximate surface area is 208 Å². The van der Waals surface area contributed by atoms with E-state index in [-0.39, 0.29) is 24.0 Å². The zero-order valence-corrected chi connectivity index (χ0v) is 21.8. The van der Waals surface area contributed by atoms with Crippen LogP contribution in [0.2, 0.25) is 0 Å². The van der Waals surface area contributed by atoms with Crippen LogP contribution in [0.15, 0.2) is 35.3 Å². The van der Waals surface area contributed by atoms with E-state index in [4.69, 9.17) is 14.5 Å². The monoisotopic (exact) mass is 556 g/mol. The predicted octanol–water partition coefficient (Wildman–Crippen LogP) is 3.15. The molecule has 8 nitrogen and oxygen atoms in total. The second kappa shape index (κ2) is 14.4. The second-order valence-corrected chi connectivity index (χ2v) is 7.94. The third-order valence-corrected chi connectivity index (χ3v) is 5.56. The van der Waals surface area contributed by atoms with Crippen molar-refractivity contribution in [2.45, 2.75) is 39.8 Å². The van der Waals surface area contributed by atoms with Crippen molar-refractivity contribution in [3.05, 3.63) is 47.5 Å². The van der Waals surface area contributed by atoms with Gasteiger partial charge in [0.1, 0.15) is 12.4 Å². The molecule has 0 aliphatic carbocycles. The number of nitrogens with one attached hydrogen (secondary N) is 1. The highest BCUT2D eigenvalue weighted by Gasteiger charge is 2.25. The maximum Gasteiger partial charge on any atom is 0.194 e. The molecule has 1 N–H and O–H groups in total. The van der Waals surface area contributed by atoms with Gasteiger partial charge in [-0.3, -0.25) is 0 Å². The van der Waals surface area contributed by atoms with Gasteiger partial charge in [0.2, 0.25) is 0 Å². The van der Waals surface area contributed by atoms with Gasteiger partial charge in [-0.1, -0.05) is 30.3 Å². The molecule has 1 aliphatic rings. The van der Waals surface area contributed by atoms with E-state index < -0.39 is 0 Å². The molecule has 0 amide bonds. The van der Waals surface area contributed by atoms with Crippen LogP contribution in [-0.4, -0.2) is 65.1 Å². The lowest BCUT2D eigenvalue weighted by molar-refractivity contribution is 0.0906. The standard InChI is InChI=1S/C23H36N6O2.HI/c1-4-30-14-8-12-24-23(25-15-22-27-26-19(2)28(22)3)29-13-11-21(16-29)18-31-17-20-9-6-5-7-10-20;/h5-7,9-10,21H,4,8,11-18H2,1-3H3,(H,24,25);1H. The molecule has 1 unspecified atom stereocenters. The number of halogens is 1. The van der Waals surface area contributed by atoms with E-state index in [2.05, 4.69) is 44.7 Å². The van der Waals surface area contributed by atoms with Crippen molar-refractivity contribution in [1.82, 2.24) is 25.0 Å². The fourth-order valence-corrected chi connectivity index (χ4v) is 3.60. The molecule has 0 radical (unpaired) electrons. The molecule has 2 aromatic rings. The summed E-state index contributed by atoms with van der Waals surface area (Å²) in [5, 5.41) is 11.9. The highest BCUT2D eigenvalue weighted by atomic mass is 127. The summed E-state index contributed by atoms with van der Waals surface area (Å²) in [5.74, 6) is 3.21. The van der Waals surface area contributed by atoms with Gasteiger partial charge in [0, 0.05) is 45.8 Å². The van der Waals surface area contributed by atoms with Crippen molar-refractivity contribution in [1.29, 1.82) is 0 Å². The summed E-state index contributed by atoms with van der Waals surface area (Å²) in [6, 6.07) is 10.3. The summed E-state index contributed by atoms with van der Waals surface area (Å²) in [6.07, 6.45) is 2.06. The first-order valence-electron chi connectivity index (χ1n) is 11.2. The number of nitrogens with zero attached hydrogens (tertiary/aromatic N) is 5. The fourth-order valence-electron chi connectivity index (χ4n) is 3.60. The lowest BCUT2D eigenvalue weighted by atomic mass is 10.1. The maximum atomic E-state index is 5.98. The van der Waals surface area contributed by atoms with E-state index in [1.807, 2.05) is 31.5 Å². The van der Waals surface area contributed by atoms with Gasteiger partial charge < -0.3 is 24.3 Å². The summed E-state index contributed by atoms with van der Waals surface area (Å²) in [4.78, 5) is 7.19. The van der Waals surface area contributed by atoms with E-state index in [0.29, 0.717) is 19.1 Å². The number of hydrogen-bond donors (Lipinski definition) is 1. The number of rotatable bonds is 11. The number of aliphatic imine (C=N–C) groups is 1. The van der Waals surface area contributed by atoms with Crippen LogP contribution in [-0.2, 0) is 29.7 Å². The number of aromatic nitrogens is 3. The van der Waals surface area contributed by atoms with Crippen LogP contribution in [0.25, 0.3) is 0 Å². The Morgan fingerprint density at radius 2 is 2.03 bits per heavy atom. The van der Waals surface area contributed by atoms with Gasteiger partial charge >= 0.3 is 0 Å². The average Bonchev–Trinajstić information content (AvgIpc) is 3.38. The third-order valence-electron chi connectivity index (χ3n) is 5.56. The number of guanidine groups is 1. The van der Waals surface area contributed by atoms with Gasteiger partial charge in [-0.05, 0) is 32.3 Å². The average molecular weight is 556 g/mol. The van der Waals surface area contributed by atoms with E-state index >= 15 is 0 Å². The zero-order valence-electron chi connectivity index (χ0n) is 19.5. The molecule has 1 atom stereocenters. The molecule has 0 saturated carbocycles. The SMILES string of the molecule is CCOCCCNC(=NCc1nnc(C)n1C)N1CCC(COCc2ccccc2)C1.I. The summed E-state index contributed by atoms with van der Waals surface area (Å²) in [5.41, 5.74) is 1.22. The largest absolute Gasteiger partial charge is 0.382 e. The molecule has 1 saturated heterocycles. The Morgan fingerprint density at radius 3 is 2.75 bits per heavy atom. The number of benzene rings is 1. The summed E-state index contributed by atoms with van der Waals surface area (Å²) in [7, 11) is 1.98. The van der Waals surface area contributed by atoms with Crippen molar-refractivity contribution < 1.29 is 9.47 Å². The maximum absolute atomic E-state index is 5.98. The van der Waals surface area contributed by atoms with Gasteiger partial charge in [-0.15, -0.1) is 34.2 Å². The van der Waals surface area contributed by atoms with Crippen molar-refractivity contribution in [2.75, 3.05) is 39.5 Å². The smallest absolute Gasteiger partial charge is 0.194 e. The molecule has 1 aliphatic heterocycles. The number of ether oxygens (including phenoxy) is 2. The highest BCUT2D eigenvalue weighted by molar-refractivity contribution is 14.0. The summed E-state index contributed by atoms with van der Waals surface area (Å²) < 4.78 is 13.4. The fraction of sp³-hybridized carbons (Fsp3) is 0.609. The van der Waals surface area contributed by atoms with Crippen LogP contribution in [0.5, 0.6) is 0 Å². The number of hydrogen-bond acceptors (Lipinski definition) is 5. The molecular weight excluding hydrogens is 519 g/mol. The molecule has 1 aromatic heterocycles. The molecule has 2 heterocycles. The van der Waals surface area contributed by atoms with Crippen LogP contribution in [0.4, 0.5) is 0 Å². The van der Waals surface area contributed by atoms with Crippen LogP contribution in [0.1, 0.15) is 37.0 Å². The van der Waals surface area contributed by atoms with Gasteiger partial charge in [-0.2, -0.15) is 0 Å². The number of aryl methyl sites for hydroxylation is 1. The van der Waals surface area contributed by atoms with E-state index in [0.717, 1.165) is 69.9 Å². The Hall–Kier alpha value is -1.72. The molecule has 1 fully saturated rings. The molecule has 0 bridgehead atoms. The van der Waals surface area contributed by atoms with Crippen LogP contribution in [0, 0.1) is 12.8 Å². The Kier molecular flexibility index (Phi) is 12.0. The Morgan fingerprint density at radius 1 is 1.22 bits per heavy atom. The van der Waals surface area contributed by atoms with E-state index in [9.17, 15) is 0 Å². The normalized spacial score (nSPS) is 16.3. The molecule has 0 spiro atoms. The van der Waals surface area contributed by atoms with Crippen molar-refractivity contribution in [2.24, 2.45) is 18.0 Å². The molecule has 3 rings (SSSR count). The van der Waals surface area contributed by atoms with Crippen molar-refractivity contribution in [3.8, 4) is 0 Å². The molecular formula is C23H37IN6O2. The molecule has 1 aromatic carbocycles. The molecule has 178 valence electrons. The predicted molar refractivity (Wildman–Crippen MR) is 137 cm³/mol.